The number of aryl methyl sites for hydroxylation is 3. The van der Waals surface area contributed by atoms with E-state index in [0.29, 0.717) is 4.88 Å². The predicted molar refractivity (Wildman–Crippen MR) is 103 cm³/mol. The lowest BCUT2D eigenvalue weighted by Crippen LogP contribution is -2.34. The Morgan fingerprint density at radius 2 is 1.96 bits per heavy atom. The van der Waals surface area contributed by atoms with Crippen molar-refractivity contribution >= 4 is 44.8 Å². The number of carbonyl (C=O) groups is 2. The summed E-state index contributed by atoms with van der Waals surface area (Å²) in [5.74, 6) is -0.328. The molecule has 0 unspecified atom stereocenters. The second-order valence-electron chi connectivity index (χ2n) is 5.71. The topological polar surface area (TPSA) is 49.4 Å². The van der Waals surface area contributed by atoms with E-state index in [9.17, 15) is 9.59 Å². The average Bonchev–Trinajstić information content (AvgIpc) is 2.90. The van der Waals surface area contributed by atoms with Crippen LogP contribution in [0.4, 0.5) is 5.69 Å². The molecule has 6 heteroatoms. The predicted octanol–water partition coefficient (Wildman–Crippen LogP) is 4.40. The van der Waals surface area contributed by atoms with Crippen molar-refractivity contribution in [3.05, 3.63) is 49.6 Å². The first-order valence-corrected chi connectivity index (χ1v) is 9.33. The van der Waals surface area contributed by atoms with Crippen LogP contribution < -0.4 is 5.32 Å². The van der Waals surface area contributed by atoms with E-state index in [2.05, 4.69) is 28.2 Å². The van der Waals surface area contributed by atoms with Crippen LogP contribution in [0.2, 0.25) is 0 Å². The van der Waals surface area contributed by atoms with Crippen LogP contribution in [-0.4, -0.2) is 30.3 Å². The zero-order chi connectivity index (χ0) is 17.9. The van der Waals surface area contributed by atoms with Crippen molar-refractivity contribution in [2.24, 2.45) is 0 Å². The molecule has 0 bridgehead atoms. The molecule has 0 saturated heterocycles. The minimum absolute atomic E-state index is 0.0206. The largest absolute Gasteiger partial charge is 0.332 e. The Morgan fingerprint density at radius 3 is 2.54 bits per heavy atom. The molecular weight excluding hydrogens is 388 g/mol. The van der Waals surface area contributed by atoms with Gasteiger partial charge in [-0.3, -0.25) is 9.59 Å². The lowest BCUT2D eigenvalue weighted by molar-refractivity contribution is -0.116. The van der Waals surface area contributed by atoms with Gasteiger partial charge in [-0.2, -0.15) is 0 Å². The normalized spacial score (nSPS) is 10.5. The minimum Gasteiger partial charge on any atom is -0.332 e. The number of nitrogens with zero attached hydrogens (tertiary/aromatic N) is 1. The van der Waals surface area contributed by atoms with Gasteiger partial charge in [-0.15, -0.1) is 11.3 Å². The number of nitrogens with one attached hydrogen (secondary N) is 1. The van der Waals surface area contributed by atoms with E-state index in [1.165, 1.54) is 21.8 Å². The third-order valence-electron chi connectivity index (χ3n) is 3.80. The van der Waals surface area contributed by atoms with Crippen LogP contribution in [0.3, 0.4) is 0 Å². The number of thiophene rings is 1. The van der Waals surface area contributed by atoms with Gasteiger partial charge in [-0.25, -0.2) is 0 Å². The minimum atomic E-state index is -0.208. The number of hydrogen-bond donors (Lipinski definition) is 1. The molecule has 1 aromatic carbocycles. The Hall–Kier alpha value is -1.66. The monoisotopic (exact) mass is 408 g/mol. The fourth-order valence-electron chi connectivity index (χ4n) is 2.41. The van der Waals surface area contributed by atoms with Crippen molar-refractivity contribution in [2.45, 2.75) is 27.2 Å². The molecule has 0 aliphatic carbocycles. The molecule has 24 heavy (non-hydrogen) atoms. The van der Waals surface area contributed by atoms with Crippen LogP contribution in [0.25, 0.3) is 0 Å². The molecular formula is C18H21BrN2O2S. The van der Waals surface area contributed by atoms with Crippen molar-refractivity contribution in [1.29, 1.82) is 0 Å². The summed E-state index contributed by atoms with van der Waals surface area (Å²) in [6.45, 7) is 6.03. The van der Waals surface area contributed by atoms with Gasteiger partial charge in [-0.05, 0) is 55.7 Å². The van der Waals surface area contributed by atoms with E-state index in [0.717, 1.165) is 27.0 Å². The van der Waals surface area contributed by atoms with Gasteiger partial charge in [0.1, 0.15) is 0 Å². The zero-order valence-electron chi connectivity index (χ0n) is 14.3. The van der Waals surface area contributed by atoms with Crippen molar-refractivity contribution in [3.8, 4) is 0 Å². The zero-order valence-corrected chi connectivity index (χ0v) is 16.7. The summed E-state index contributed by atoms with van der Waals surface area (Å²) in [5, 5.41) is 2.85. The van der Waals surface area contributed by atoms with Gasteiger partial charge in [0.15, 0.2) is 0 Å². The van der Waals surface area contributed by atoms with Crippen LogP contribution >= 0.6 is 27.3 Å². The molecule has 0 saturated carbocycles. The molecule has 0 atom stereocenters. The summed E-state index contributed by atoms with van der Waals surface area (Å²) in [6, 6.07) is 7.58. The van der Waals surface area contributed by atoms with E-state index in [4.69, 9.17) is 0 Å². The van der Waals surface area contributed by atoms with Gasteiger partial charge >= 0.3 is 0 Å². The number of anilines is 1. The molecule has 1 aromatic heterocycles. The van der Waals surface area contributed by atoms with Crippen LogP contribution in [-0.2, 0) is 11.2 Å². The number of carbonyl (C=O) groups excluding carboxylic acids is 2. The van der Waals surface area contributed by atoms with Crippen LogP contribution in [0.15, 0.2) is 28.7 Å². The molecule has 0 aliphatic heterocycles. The van der Waals surface area contributed by atoms with Gasteiger partial charge in [-0.1, -0.05) is 22.9 Å². The molecule has 2 aromatic rings. The van der Waals surface area contributed by atoms with Crippen molar-refractivity contribution in [2.75, 3.05) is 18.9 Å². The third-order valence-corrected chi connectivity index (χ3v) is 5.38. The fraction of sp³-hybridized carbons (Fsp3) is 0.333. The summed E-state index contributed by atoms with van der Waals surface area (Å²) in [5.41, 5.74) is 2.91. The first-order chi connectivity index (χ1) is 11.3. The lowest BCUT2D eigenvalue weighted by Gasteiger charge is -2.16. The summed E-state index contributed by atoms with van der Waals surface area (Å²) in [4.78, 5) is 28.0. The van der Waals surface area contributed by atoms with Crippen LogP contribution in [0.5, 0.6) is 0 Å². The molecule has 0 radical (unpaired) electrons. The number of benzene rings is 1. The first kappa shape index (κ1) is 18.7. The summed E-state index contributed by atoms with van der Waals surface area (Å²) in [7, 11) is 1.65. The average molecular weight is 409 g/mol. The Labute approximate surface area is 155 Å². The quantitative estimate of drug-likeness (QED) is 0.796. The Morgan fingerprint density at radius 1 is 1.25 bits per heavy atom. The van der Waals surface area contributed by atoms with E-state index in [1.54, 1.807) is 7.05 Å². The maximum Gasteiger partial charge on any atom is 0.264 e. The summed E-state index contributed by atoms with van der Waals surface area (Å²) >= 11 is 4.88. The molecule has 4 nitrogen and oxygen atoms in total. The Kier molecular flexibility index (Phi) is 6.18. The standard InChI is InChI=1S/C18H21BrN2O2S/c1-5-13-9-16(24-12(13)3)18(23)21(4)10-17(22)20-15-7-6-14(19)8-11(15)2/h6-9H,5,10H2,1-4H3,(H,20,22). The van der Waals surface area contributed by atoms with E-state index in [1.807, 2.05) is 38.1 Å². The highest BCUT2D eigenvalue weighted by Crippen LogP contribution is 2.23. The Balaban J connectivity index is 2.01. The highest BCUT2D eigenvalue weighted by molar-refractivity contribution is 9.10. The van der Waals surface area contributed by atoms with Gasteiger partial charge in [0.05, 0.1) is 11.4 Å². The van der Waals surface area contributed by atoms with E-state index >= 15 is 0 Å². The number of hydrogen-bond acceptors (Lipinski definition) is 3. The molecule has 128 valence electrons. The van der Waals surface area contributed by atoms with E-state index in [-0.39, 0.29) is 18.4 Å². The number of likely N-dealkylation sites (N-methyl/N-ethyl adjacent to an activating group) is 1. The van der Waals surface area contributed by atoms with Gasteiger partial charge < -0.3 is 10.2 Å². The SMILES string of the molecule is CCc1cc(C(=O)N(C)CC(=O)Nc2ccc(Br)cc2C)sc1C. The lowest BCUT2D eigenvalue weighted by atomic mass is 10.2. The summed E-state index contributed by atoms with van der Waals surface area (Å²) < 4.78 is 0.963. The molecule has 1 heterocycles. The van der Waals surface area contributed by atoms with Gasteiger partial charge in [0.25, 0.3) is 5.91 Å². The maximum atomic E-state index is 12.5. The van der Waals surface area contributed by atoms with Crippen LogP contribution in [0.1, 0.15) is 32.6 Å². The second-order valence-corrected chi connectivity index (χ2v) is 7.89. The first-order valence-electron chi connectivity index (χ1n) is 7.72. The van der Waals surface area contributed by atoms with Gasteiger partial charge in [0, 0.05) is 22.1 Å². The van der Waals surface area contributed by atoms with E-state index < -0.39 is 0 Å². The molecule has 0 fully saturated rings. The number of rotatable bonds is 5. The molecule has 0 aliphatic rings. The fourth-order valence-corrected chi connectivity index (χ4v) is 3.99. The molecule has 1 N–H and O–H groups in total. The molecule has 2 amide bonds. The highest BCUT2D eigenvalue weighted by atomic mass is 79.9. The summed E-state index contributed by atoms with van der Waals surface area (Å²) in [6.07, 6.45) is 0.905. The van der Waals surface area contributed by atoms with Gasteiger partial charge in [0.2, 0.25) is 5.91 Å². The maximum absolute atomic E-state index is 12.5. The van der Waals surface area contributed by atoms with Crippen molar-refractivity contribution in [3.63, 3.8) is 0 Å². The smallest absolute Gasteiger partial charge is 0.264 e. The van der Waals surface area contributed by atoms with Crippen LogP contribution in [0, 0.1) is 13.8 Å². The van der Waals surface area contributed by atoms with Crippen molar-refractivity contribution < 1.29 is 9.59 Å². The number of halogens is 1. The van der Waals surface area contributed by atoms with Crippen molar-refractivity contribution in [1.82, 2.24) is 4.90 Å². The molecule has 0 spiro atoms. The number of amides is 2. The molecule has 2 rings (SSSR count). The highest BCUT2D eigenvalue weighted by Gasteiger charge is 2.18. The third kappa shape index (κ3) is 4.45. The second kappa shape index (κ2) is 7.94. The Bertz CT molecular complexity index is 770.